The van der Waals surface area contributed by atoms with Crippen molar-refractivity contribution in [3.8, 4) is 0 Å². The lowest BCUT2D eigenvalue weighted by molar-refractivity contribution is -0.121. The van der Waals surface area contributed by atoms with Gasteiger partial charge < -0.3 is 5.32 Å². The number of hydrogen-bond acceptors (Lipinski definition) is 4. The maximum atomic E-state index is 12.8. The number of hydrogen-bond donors (Lipinski definition) is 1. The minimum absolute atomic E-state index is 0.244. The molecule has 0 spiro atoms. The van der Waals surface area contributed by atoms with Crippen LogP contribution in [0.3, 0.4) is 0 Å². The molecule has 1 amide bonds. The maximum Gasteiger partial charge on any atom is 0.274 e. The lowest BCUT2D eigenvalue weighted by atomic mass is 10.1. The molecular formula is C14H14N2O3S2. The molecule has 110 valence electrons. The van der Waals surface area contributed by atoms with Gasteiger partial charge in [0, 0.05) is 13.5 Å². The van der Waals surface area contributed by atoms with Gasteiger partial charge in [-0.15, -0.1) is 11.3 Å². The van der Waals surface area contributed by atoms with Crippen LogP contribution < -0.4 is 9.62 Å². The Kier molecular flexibility index (Phi) is 3.46. The van der Waals surface area contributed by atoms with Gasteiger partial charge >= 0.3 is 0 Å². The van der Waals surface area contributed by atoms with Gasteiger partial charge in [-0.3, -0.25) is 9.10 Å². The summed E-state index contributed by atoms with van der Waals surface area (Å²) in [5, 5.41) is 4.26. The van der Waals surface area contributed by atoms with Crippen LogP contribution in [-0.2, 0) is 21.2 Å². The molecule has 0 unspecified atom stereocenters. The van der Waals surface area contributed by atoms with Crippen LogP contribution in [0.5, 0.6) is 0 Å². The van der Waals surface area contributed by atoms with Gasteiger partial charge in [-0.05, 0) is 23.1 Å². The molecule has 0 saturated heterocycles. The van der Waals surface area contributed by atoms with Crippen LogP contribution in [0, 0.1) is 0 Å². The maximum absolute atomic E-state index is 12.8. The van der Waals surface area contributed by atoms with Crippen molar-refractivity contribution in [2.24, 2.45) is 0 Å². The molecule has 0 radical (unpaired) electrons. The smallest absolute Gasteiger partial charge is 0.274 e. The number of thiophene rings is 1. The second-order valence-electron chi connectivity index (χ2n) is 4.70. The van der Waals surface area contributed by atoms with Crippen molar-refractivity contribution in [3.63, 3.8) is 0 Å². The first-order valence-corrected chi connectivity index (χ1v) is 8.75. The van der Waals surface area contributed by atoms with Gasteiger partial charge in [-0.25, -0.2) is 8.42 Å². The summed E-state index contributed by atoms with van der Waals surface area (Å²) in [4.78, 5) is 12.1. The molecule has 3 rings (SSSR count). The van der Waals surface area contributed by atoms with Crippen molar-refractivity contribution >= 4 is 33.0 Å². The Hall–Kier alpha value is -1.86. The van der Waals surface area contributed by atoms with Crippen LogP contribution in [0.2, 0.25) is 0 Å². The second kappa shape index (κ2) is 5.16. The van der Waals surface area contributed by atoms with E-state index in [2.05, 4.69) is 5.32 Å². The molecule has 0 bridgehead atoms. The van der Waals surface area contributed by atoms with Crippen LogP contribution in [0.4, 0.5) is 5.69 Å². The molecule has 7 heteroatoms. The van der Waals surface area contributed by atoms with Gasteiger partial charge in [0.25, 0.3) is 10.0 Å². The number of nitrogens with one attached hydrogen (secondary N) is 1. The molecule has 0 saturated carbocycles. The van der Waals surface area contributed by atoms with Crippen molar-refractivity contribution in [2.45, 2.75) is 16.7 Å². The zero-order valence-corrected chi connectivity index (χ0v) is 12.9. The Morgan fingerprint density at radius 2 is 2.05 bits per heavy atom. The van der Waals surface area contributed by atoms with E-state index < -0.39 is 16.1 Å². The molecule has 1 aromatic heterocycles. The van der Waals surface area contributed by atoms with Crippen molar-refractivity contribution in [1.29, 1.82) is 0 Å². The predicted octanol–water partition coefficient (Wildman–Crippen LogP) is 1.61. The van der Waals surface area contributed by atoms with Crippen LogP contribution >= 0.6 is 11.3 Å². The van der Waals surface area contributed by atoms with Crippen molar-refractivity contribution in [1.82, 2.24) is 5.32 Å². The number of carbonyl (C=O) groups is 1. The summed E-state index contributed by atoms with van der Waals surface area (Å²) in [6, 6.07) is 9.73. The molecule has 0 fully saturated rings. The lowest BCUT2D eigenvalue weighted by Crippen LogP contribution is -2.46. The average Bonchev–Trinajstić information content (AvgIpc) is 3.13. The van der Waals surface area contributed by atoms with Crippen molar-refractivity contribution < 1.29 is 13.2 Å². The summed E-state index contributed by atoms with van der Waals surface area (Å²) >= 11 is 1.15. The molecule has 2 aromatic rings. The molecular weight excluding hydrogens is 308 g/mol. The minimum Gasteiger partial charge on any atom is -0.357 e. The average molecular weight is 322 g/mol. The number of rotatable bonds is 3. The van der Waals surface area contributed by atoms with E-state index in [0.717, 1.165) is 16.9 Å². The number of sulfonamides is 1. The highest BCUT2D eigenvalue weighted by atomic mass is 32.2. The Bertz CT molecular complexity index is 769. The number of likely N-dealkylation sites (N-methyl/N-ethyl adjacent to an activating group) is 1. The molecule has 1 atom stereocenters. The first-order chi connectivity index (χ1) is 10.1. The third kappa shape index (κ3) is 2.22. The van der Waals surface area contributed by atoms with E-state index in [4.69, 9.17) is 0 Å². The molecule has 1 aliphatic heterocycles. The Balaban J connectivity index is 2.14. The molecule has 0 aliphatic carbocycles. The van der Waals surface area contributed by atoms with E-state index in [0.29, 0.717) is 12.1 Å². The van der Waals surface area contributed by atoms with Crippen LogP contribution in [0.15, 0.2) is 46.0 Å². The monoisotopic (exact) mass is 322 g/mol. The first-order valence-electron chi connectivity index (χ1n) is 6.43. The summed E-state index contributed by atoms with van der Waals surface area (Å²) in [5.41, 5.74) is 1.45. The standard InChI is InChI=1S/C14H14N2O3S2/c1-15-14(17)12-9-10-5-2-3-6-11(10)16(12)21(18,19)13-7-4-8-20-13/h2-8,12H,9H2,1H3,(H,15,17)/t12-/m0/s1. The first kappa shape index (κ1) is 14.1. The summed E-state index contributed by atoms with van der Waals surface area (Å²) < 4.78 is 27.2. The molecule has 1 N–H and O–H groups in total. The summed E-state index contributed by atoms with van der Waals surface area (Å²) in [6.07, 6.45) is 0.389. The molecule has 1 aliphatic rings. The highest BCUT2D eigenvalue weighted by Crippen LogP contribution is 2.37. The number of fused-ring (bicyclic) bond motifs is 1. The normalized spacial score (nSPS) is 17.6. The molecule has 5 nitrogen and oxygen atoms in total. The quantitative estimate of drug-likeness (QED) is 0.934. The minimum atomic E-state index is -3.72. The number of nitrogens with zero attached hydrogens (tertiary/aromatic N) is 1. The van der Waals surface area contributed by atoms with Crippen LogP contribution in [0.25, 0.3) is 0 Å². The Morgan fingerprint density at radius 1 is 1.29 bits per heavy atom. The highest BCUT2D eigenvalue weighted by molar-refractivity contribution is 7.94. The second-order valence-corrected chi connectivity index (χ2v) is 7.69. The SMILES string of the molecule is CNC(=O)[C@@H]1Cc2ccccc2N1S(=O)(=O)c1cccs1. The largest absolute Gasteiger partial charge is 0.357 e. The Labute approximate surface area is 127 Å². The van der Waals surface area contributed by atoms with Crippen LogP contribution in [0.1, 0.15) is 5.56 Å². The van der Waals surface area contributed by atoms with Gasteiger partial charge in [-0.1, -0.05) is 24.3 Å². The molecule has 1 aromatic carbocycles. The molecule has 2 heterocycles. The zero-order chi connectivity index (χ0) is 15.0. The predicted molar refractivity (Wildman–Crippen MR) is 82.0 cm³/mol. The topological polar surface area (TPSA) is 66.5 Å². The van der Waals surface area contributed by atoms with E-state index in [9.17, 15) is 13.2 Å². The third-order valence-corrected chi connectivity index (χ3v) is 6.68. The van der Waals surface area contributed by atoms with Gasteiger partial charge in [0.1, 0.15) is 10.3 Å². The fourth-order valence-corrected chi connectivity index (χ4v) is 5.26. The fourth-order valence-electron chi connectivity index (χ4n) is 2.53. The zero-order valence-electron chi connectivity index (χ0n) is 11.3. The number of carbonyl (C=O) groups excluding carboxylic acids is 1. The number of amides is 1. The van der Waals surface area contributed by atoms with Crippen molar-refractivity contribution in [3.05, 3.63) is 47.3 Å². The van der Waals surface area contributed by atoms with E-state index in [1.165, 1.54) is 11.4 Å². The fraction of sp³-hybridized carbons (Fsp3) is 0.214. The lowest BCUT2D eigenvalue weighted by Gasteiger charge is -2.25. The third-order valence-electron chi connectivity index (χ3n) is 3.48. The van der Waals surface area contributed by atoms with E-state index in [1.807, 2.05) is 12.1 Å². The van der Waals surface area contributed by atoms with Crippen LogP contribution in [-0.4, -0.2) is 27.4 Å². The highest BCUT2D eigenvalue weighted by Gasteiger charge is 2.42. The number of anilines is 1. The van der Waals surface area contributed by atoms with Gasteiger partial charge in [-0.2, -0.15) is 0 Å². The van der Waals surface area contributed by atoms with E-state index >= 15 is 0 Å². The van der Waals surface area contributed by atoms with Gasteiger partial charge in [0.15, 0.2) is 0 Å². The number of para-hydroxylation sites is 1. The van der Waals surface area contributed by atoms with E-state index in [1.54, 1.807) is 29.6 Å². The summed E-state index contributed by atoms with van der Waals surface area (Å²) in [6.45, 7) is 0. The van der Waals surface area contributed by atoms with Crippen molar-refractivity contribution in [2.75, 3.05) is 11.4 Å². The number of benzene rings is 1. The summed E-state index contributed by atoms with van der Waals surface area (Å²) in [7, 11) is -2.21. The molecule has 21 heavy (non-hydrogen) atoms. The van der Waals surface area contributed by atoms with Gasteiger partial charge in [0.05, 0.1) is 5.69 Å². The van der Waals surface area contributed by atoms with E-state index in [-0.39, 0.29) is 10.1 Å². The van der Waals surface area contributed by atoms with Gasteiger partial charge in [0.2, 0.25) is 5.91 Å². The Morgan fingerprint density at radius 3 is 2.71 bits per heavy atom. The summed E-state index contributed by atoms with van der Waals surface area (Å²) in [5.74, 6) is -0.300.